The summed E-state index contributed by atoms with van der Waals surface area (Å²) in [5, 5.41) is 0.386. The maximum atomic E-state index is 13.6. The van der Waals surface area contributed by atoms with Gasteiger partial charge in [0, 0.05) is 17.6 Å². The molecule has 4 nitrogen and oxygen atoms in total. The summed E-state index contributed by atoms with van der Waals surface area (Å²) in [7, 11) is 1.51. The highest BCUT2D eigenvalue weighted by molar-refractivity contribution is 6.30. The zero-order chi connectivity index (χ0) is 11.9. The van der Waals surface area contributed by atoms with Gasteiger partial charge in [-0.15, -0.1) is 0 Å². The number of halogens is 2. The number of amidine groups is 1. The first-order valence-electron chi connectivity index (χ1n) is 4.56. The molecule has 0 saturated heterocycles. The molecule has 0 aromatic heterocycles. The van der Waals surface area contributed by atoms with Crippen LogP contribution >= 0.6 is 11.6 Å². The molecule has 1 unspecified atom stereocenters. The minimum Gasteiger partial charge on any atom is -0.385 e. The van der Waals surface area contributed by atoms with E-state index < -0.39 is 17.9 Å². The molecule has 1 aromatic rings. The maximum absolute atomic E-state index is 13.6. The Morgan fingerprint density at radius 3 is 2.81 bits per heavy atom. The summed E-state index contributed by atoms with van der Waals surface area (Å²) in [4.78, 5) is 16.1. The molecule has 0 radical (unpaired) electrons. The second-order valence-electron chi connectivity index (χ2n) is 3.50. The van der Waals surface area contributed by atoms with Gasteiger partial charge < -0.3 is 10.6 Å². The molecular weight excluding hydrogens is 233 g/mol. The van der Waals surface area contributed by atoms with Gasteiger partial charge in [-0.1, -0.05) is 11.6 Å². The Hall–Kier alpha value is -1.62. The Morgan fingerprint density at radius 1 is 1.56 bits per heavy atom. The van der Waals surface area contributed by atoms with E-state index in [2.05, 4.69) is 4.99 Å². The topological polar surface area (TPSA) is 58.7 Å². The summed E-state index contributed by atoms with van der Waals surface area (Å²) in [5.74, 6) is -0.386. The third-order valence-electron chi connectivity index (χ3n) is 2.45. The first kappa shape index (κ1) is 10.9. The molecule has 1 aliphatic rings. The van der Waals surface area contributed by atoms with E-state index in [-0.39, 0.29) is 11.4 Å². The number of amides is 2. The molecule has 0 saturated carbocycles. The Kier molecular flexibility index (Phi) is 2.55. The van der Waals surface area contributed by atoms with Crippen LogP contribution in [-0.2, 0) is 0 Å². The fourth-order valence-corrected chi connectivity index (χ4v) is 1.83. The highest BCUT2D eigenvalue weighted by Gasteiger charge is 2.33. The van der Waals surface area contributed by atoms with Crippen molar-refractivity contribution in [3.63, 3.8) is 0 Å². The van der Waals surface area contributed by atoms with Crippen LogP contribution < -0.4 is 5.73 Å². The number of hydrogen-bond acceptors (Lipinski definition) is 2. The van der Waals surface area contributed by atoms with E-state index in [0.29, 0.717) is 5.02 Å². The van der Waals surface area contributed by atoms with E-state index >= 15 is 0 Å². The molecule has 0 spiro atoms. The van der Waals surface area contributed by atoms with Gasteiger partial charge in [0.2, 0.25) is 0 Å². The Bertz CT molecular complexity index is 489. The number of likely N-dealkylation sites (N-methyl/N-ethyl adjacent to an activating group) is 1. The van der Waals surface area contributed by atoms with Crippen molar-refractivity contribution < 1.29 is 9.18 Å². The van der Waals surface area contributed by atoms with Crippen molar-refractivity contribution in [1.82, 2.24) is 4.90 Å². The standard InChI is InChI=1S/C10H9ClFN3O/c1-15-8(9(13)14-10(15)16)6-4-5(11)2-3-7(6)12/h2-4,8H,1H3,(H2,13,14,16). The first-order valence-corrected chi connectivity index (χ1v) is 4.94. The van der Waals surface area contributed by atoms with Gasteiger partial charge in [0.25, 0.3) is 0 Å². The SMILES string of the molecule is CN1C(=O)N=C(N)C1c1cc(Cl)ccc1F. The van der Waals surface area contributed by atoms with Crippen LogP contribution in [0.1, 0.15) is 11.6 Å². The summed E-state index contributed by atoms with van der Waals surface area (Å²) >= 11 is 5.78. The molecule has 16 heavy (non-hydrogen) atoms. The molecule has 1 aromatic carbocycles. The normalized spacial score (nSPS) is 20.2. The average Bonchev–Trinajstić information content (AvgIpc) is 2.46. The van der Waals surface area contributed by atoms with E-state index in [0.717, 1.165) is 0 Å². The van der Waals surface area contributed by atoms with Crippen LogP contribution in [0.2, 0.25) is 5.02 Å². The number of hydrogen-bond donors (Lipinski definition) is 1. The minimum atomic E-state index is -0.675. The van der Waals surface area contributed by atoms with Crippen molar-refractivity contribution in [3.8, 4) is 0 Å². The third-order valence-corrected chi connectivity index (χ3v) is 2.68. The van der Waals surface area contributed by atoms with Gasteiger partial charge in [-0.3, -0.25) is 0 Å². The van der Waals surface area contributed by atoms with E-state index in [1.54, 1.807) is 0 Å². The number of nitrogens with two attached hydrogens (primary N) is 1. The van der Waals surface area contributed by atoms with Gasteiger partial charge in [0.1, 0.15) is 17.7 Å². The molecule has 1 atom stereocenters. The van der Waals surface area contributed by atoms with Crippen molar-refractivity contribution in [2.24, 2.45) is 10.7 Å². The van der Waals surface area contributed by atoms with Crippen molar-refractivity contribution >= 4 is 23.5 Å². The molecule has 2 N–H and O–H groups in total. The summed E-state index contributed by atoms with van der Waals surface area (Å²) < 4.78 is 13.6. The lowest BCUT2D eigenvalue weighted by atomic mass is 10.1. The van der Waals surface area contributed by atoms with Gasteiger partial charge in [0.15, 0.2) is 0 Å². The first-order chi connectivity index (χ1) is 7.50. The number of rotatable bonds is 1. The minimum absolute atomic E-state index is 0.0775. The lowest BCUT2D eigenvalue weighted by Crippen LogP contribution is -2.30. The molecule has 1 aliphatic heterocycles. The van der Waals surface area contributed by atoms with E-state index in [1.807, 2.05) is 0 Å². The van der Waals surface area contributed by atoms with Crippen LogP contribution in [0.3, 0.4) is 0 Å². The smallest absolute Gasteiger partial charge is 0.345 e. The van der Waals surface area contributed by atoms with Crippen LogP contribution in [0.4, 0.5) is 9.18 Å². The number of carbonyl (C=O) groups is 1. The van der Waals surface area contributed by atoms with Crippen LogP contribution in [0.15, 0.2) is 23.2 Å². The molecule has 0 aliphatic carbocycles. The summed E-state index contributed by atoms with van der Waals surface area (Å²) in [5.41, 5.74) is 5.84. The molecule has 0 fully saturated rings. The number of aliphatic imine (C=N–C) groups is 1. The lowest BCUT2D eigenvalue weighted by molar-refractivity contribution is 0.218. The Morgan fingerprint density at radius 2 is 2.25 bits per heavy atom. The number of carbonyl (C=O) groups excluding carboxylic acids is 1. The Labute approximate surface area is 96.5 Å². The van der Waals surface area contributed by atoms with E-state index in [1.165, 1.54) is 30.1 Å². The second kappa shape index (κ2) is 3.75. The van der Waals surface area contributed by atoms with Gasteiger partial charge in [0.05, 0.1) is 0 Å². The van der Waals surface area contributed by atoms with Crippen molar-refractivity contribution in [2.45, 2.75) is 6.04 Å². The zero-order valence-corrected chi connectivity index (χ0v) is 9.20. The van der Waals surface area contributed by atoms with Crippen molar-refractivity contribution in [2.75, 3.05) is 7.05 Å². The lowest BCUT2D eigenvalue weighted by Gasteiger charge is -2.20. The van der Waals surface area contributed by atoms with Gasteiger partial charge in [-0.25, -0.2) is 9.18 Å². The zero-order valence-electron chi connectivity index (χ0n) is 8.45. The fourth-order valence-electron chi connectivity index (χ4n) is 1.65. The number of nitrogens with zero attached hydrogens (tertiary/aromatic N) is 2. The summed E-state index contributed by atoms with van der Waals surface area (Å²) in [6.07, 6.45) is 0. The molecule has 0 bridgehead atoms. The second-order valence-corrected chi connectivity index (χ2v) is 3.93. The van der Waals surface area contributed by atoms with E-state index in [9.17, 15) is 9.18 Å². The number of benzene rings is 1. The van der Waals surface area contributed by atoms with Gasteiger partial charge in [-0.05, 0) is 18.2 Å². The molecule has 2 amide bonds. The summed E-state index contributed by atoms with van der Waals surface area (Å²) in [6.45, 7) is 0. The highest BCUT2D eigenvalue weighted by Crippen LogP contribution is 2.29. The van der Waals surface area contributed by atoms with Crippen LogP contribution in [0.5, 0.6) is 0 Å². The van der Waals surface area contributed by atoms with Gasteiger partial charge in [-0.2, -0.15) is 4.99 Å². The maximum Gasteiger partial charge on any atom is 0.345 e. The monoisotopic (exact) mass is 241 g/mol. The molecule has 84 valence electrons. The molecule has 6 heteroatoms. The fraction of sp³-hybridized carbons (Fsp3) is 0.200. The largest absolute Gasteiger partial charge is 0.385 e. The third kappa shape index (κ3) is 1.63. The highest BCUT2D eigenvalue weighted by atomic mass is 35.5. The van der Waals surface area contributed by atoms with Crippen molar-refractivity contribution in [1.29, 1.82) is 0 Å². The average molecular weight is 242 g/mol. The van der Waals surface area contributed by atoms with Crippen LogP contribution in [0.25, 0.3) is 0 Å². The molecule has 1 heterocycles. The summed E-state index contributed by atoms with van der Waals surface area (Å²) in [6, 6.07) is 2.96. The number of urea groups is 1. The predicted molar refractivity (Wildman–Crippen MR) is 58.9 cm³/mol. The molecule has 2 rings (SSSR count). The van der Waals surface area contributed by atoms with Gasteiger partial charge >= 0.3 is 6.03 Å². The quantitative estimate of drug-likeness (QED) is 0.817. The predicted octanol–water partition coefficient (Wildman–Crippen LogP) is 1.94. The van der Waals surface area contributed by atoms with Crippen LogP contribution in [-0.4, -0.2) is 23.8 Å². The van der Waals surface area contributed by atoms with E-state index in [4.69, 9.17) is 17.3 Å². The molecular formula is C10H9ClFN3O. The Balaban J connectivity index is 2.49. The van der Waals surface area contributed by atoms with Crippen LogP contribution in [0, 0.1) is 5.82 Å². The van der Waals surface area contributed by atoms with Crippen molar-refractivity contribution in [3.05, 3.63) is 34.6 Å².